The maximum atomic E-state index is 6.04. The minimum atomic E-state index is 0.534. The molecule has 0 aliphatic carbocycles. The third kappa shape index (κ3) is 3.54. The number of benzene rings is 2. The molecule has 1 aromatic heterocycles. The molecule has 0 aliphatic rings. The van der Waals surface area contributed by atoms with Crippen molar-refractivity contribution in [3.63, 3.8) is 0 Å². The lowest BCUT2D eigenvalue weighted by atomic mass is 10.0. The zero-order valence-electron chi connectivity index (χ0n) is 15.2. The van der Waals surface area contributed by atoms with Gasteiger partial charge in [0, 0.05) is 17.5 Å². The molecule has 2 nitrogen and oxygen atoms in total. The fourth-order valence-electron chi connectivity index (χ4n) is 3.04. The Bertz CT molecular complexity index is 794. The van der Waals surface area contributed by atoms with Crippen molar-refractivity contribution in [1.82, 2.24) is 4.90 Å². The first-order chi connectivity index (χ1) is 11.6. The molecule has 0 amide bonds. The first-order valence-corrected chi connectivity index (χ1v) is 8.95. The van der Waals surface area contributed by atoms with E-state index in [4.69, 9.17) is 4.42 Å². The predicted molar refractivity (Wildman–Crippen MR) is 102 cm³/mol. The van der Waals surface area contributed by atoms with Crippen LogP contribution in [0.2, 0.25) is 0 Å². The van der Waals surface area contributed by atoms with Crippen LogP contribution in [0.1, 0.15) is 44.7 Å². The zero-order chi connectivity index (χ0) is 17.1. The highest BCUT2D eigenvalue weighted by atomic mass is 16.3. The predicted octanol–water partition coefficient (Wildman–Crippen LogP) is 6.07. The molecule has 0 bridgehead atoms. The molecule has 0 saturated carbocycles. The van der Waals surface area contributed by atoms with Crippen LogP contribution in [-0.4, -0.2) is 18.0 Å². The maximum Gasteiger partial charge on any atom is 0.135 e. The standard InChI is InChI=1S/C22H27NO/c1-5-23(6-2)15-17-7-9-18(10-8-17)22-14-20-13-19(16(3)4)11-12-21(20)24-22/h7-14,16H,5-6,15H2,1-4H3. The largest absolute Gasteiger partial charge is 0.456 e. The third-order valence-electron chi connectivity index (χ3n) is 4.75. The third-order valence-corrected chi connectivity index (χ3v) is 4.75. The highest BCUT2D eigenvalue weighted by molar-refractivity contribution is 5.83. The van der Waals surface area contributed by atoms with Crippen LogP contribution in [0.4, 0.5) is 0 Å². The summed E-state index contributed by atoms with van der Waals surface area (Å²) < 4.78 is 6.04. The Morgan fingerprint density at radius 3 is 2.25 bits per heavy atom. The van der Waals surface area contributed by atoms with Gasteiger partial charge in [0.2, 0.25) is 0 Å². The number of fused-ring (bicyclic) bond motifs is 1. The summed E-state index contributed by atoms with van der Waals surface area (Å²) in [5.74, 6) is 1.48. The van der Waals surface area contributed by atoms with Gasteiger partial charge in [-0.1, -0.05) is 58.0 Å². The van der Waals surface area contributed by atoms with E-state index in [9.17, 15) is 0 Å². The van der Waals surface area contributed by atoms with Crippen molar-refractivity contribution in [2.24, 2.45) is 0 Å². The lowest BCUT2D eigenvalue weighted by Crippen LogP contribution is -2.21. The molecule has 0 fully saturated rings. The lowest BCUT2D eigenvalue weighted by molar-refractivity contribution is 0.296. The molecule has 0 atom stereocenters. The summed E-state index contributed by atoms with van der Waals surface area (Å²) in [6, 6.07) is 17.4. The molecule has 24 heavy (non-hydrogen) atoms. The SMILES string of the molecule is CCN(CC)Cc1ccc(-c2cc3cc(C(C)C)ccc3o2)cc1. The van der Waals surface area contributed by atoms with E-state index in [0.717, 1.165) is 36.5 Å². The molecule has 3 aromatic rings. The van der Waals surface area contributed by atoms with Gasteiger partial charge in [0.1, 0.15) is 11.3 Å². The van der Waals surface area contributed by atoms with Gasteiger partial charge in [0.15, 0.2) is 0 Å². The van der Waals surface area contributed by atoms with Crippen LogP contribution >= 0.6 is 0 Å². The zero-order valence-corrected chi connectivity index (χ0v) is 15.2. The van der Waals surface area contributed by atoms with E-state index in [-0.39, 0.29) is 0 Å². The number of nitrogens with zero attached hydrogens (tertiary/aromatic N) is 1. The van der Waals surface area contributed by atoms with Gasteiger partial charge in [0.05, 0.1) is 0 Å². The summed E-state index contributed by atoms with van der Waals surface area (Å²) in [4.78, 5) is 2.42. The summed E-state index contributed by atoms with van der Waals surface area (Å²) >= 11 is 0. The minimum absolute atomic E-state index is 0.534. The van der Waals surface area contributed by atoms with Crippen molar-refractivity contribution in [3.05, 3.63) is 59.7 Å². The van der Waals surface area contributed by atoms with E-state index >= 15 is 0 Å². The molecule has 1 heterocycles. The summed E-state index contributed by atoms with van der Waals surface area (Å²) in [6.45, 7) is 12.0. The van der Waals surface area contributed by atoms with Crippen molar-refractivity contribution in [2.75, 3.05) is 13.1 Å². The van der Waals surface area contributed by atoms with Crippen molar-refractivity contribution >= 4 is 11.0 Å². The van der Waals surface area contributed by atoms with Gasteiger partial charge >= 0.3 is 0 Å². The highest BCUT2D eigenvalue weighted by Crippen LogP contribution is 2.30. The molecular formula is C22H27NO. The number of hydrogen-bond acceptors (Lipinski definition) is 2. The average molecular weight is 321 g/mol. The molecule has 2 aromatic carbocycles. The molecule has 0 saturated heterocycles. The lowest BCUT2D eigenvalue weighted by Gasteiger charge is -2.17. The van der Waals surface area contributed by atoms with Gasteiger partial charge in [-0.15, -0.1) is 0 Å². The van der Waals surface area contributed by atoms with E-state index in [1.807, 2.05) is 0 Å². The quantitative estimate of drug-likeness (QED) is 0.548. The van der Waals surface area contributed by atoms with Gasteiger partial charge in [-0.2, -0.15) is 0 Å². The molecule has 0 radical (unpaired) electrons. The number of rotatable bonds is 6. The topological polar surface area (TPSA) is 16.4 Å². The molecule has 0 N–H and O–H groups in total. The van der Waals surface area contributed by atoms with Crippen molar-refractivity contribution < 1.29 is 4.42 Å². The molecule has 0 spiro atoms. The summed E-state index contributed by atoms with van der Waals surface area (Å²) in [6.07, 6.45) is 0. The first-order valence-electron chi connectivity index (χ1n) is 8.95. The minimum Gasteiger partial charge on any atom is -0.456 e. The second kappa shape index (κ2) is 7.23. The first kappa shape index (κ1) is 16.8. The van der Waals surface area contributed by atoms with Gasteiger partial charge in [-0.3, -0.25) is 4.90 Å². The van der Waals surface area contributed by atoms with Crippen LogP contribution in [0.3, 0.4) is 0 Å². The van der Waals surface area contributed by atoms with E-state index < -0.39 is 0 Å². The van der Waals surface area contributed by atoms with Crippen molar-refractivity contribution in [2.45, 2.75) is 40.2 Å². The van der Waals surface area contributed by atoms with Crippen LogP contribution in [0.5, 0.6) is 0 Å². The summed E-state index contributed by atoms with van der Waals surface area (Å²) in [5, 5.41) is 1.18. The van der Waals surface area contributed by atoms with Gasteiger partial charge in [0.25, 0.3) is 0 Å². The Balaban J connectivity index is 1.84. The molecular weight excluding hydrogens is 294 g/mol. The second-order valence-corrected chi connectivity index (χ2v) is 6.72. The normalized spacial score (nSPS) is 11.8. The van der Waals surface area contributed by atoms with E-state index in [2.05, 4.69) is 81.1 Å². The van der Waals surface area contributed by atoms with Crippen molar-refractivity contribution in [3.8, 4) is 11.3 Å². The van der Waals surface area contributed by atoms with Gasteiger partial charge in [-0.25, -0.2) is 0 Å². The Kier molecular flexibility index (Phi) is 5.06. The average Bonchev–Trinajstić information content (AvgIpc) is 3.03. The van der Waals surface area contributed by atoms with E-state index in [0.29, 0.717) is 5.92 Å². The van der Waals surface area contributed by atoms with Crippen molar-refractivity contribution in [1.29, 1.82) is 0 Å². The fraction of sp³-hybridized carbons (Fsp3) is 0.364. The Hall–Kier alpha value is -2.06. The van der Waals surface area contributed by atoms with Gasteiger partial charge in [-0.05, 0) is 48.3 Å². The molecule has 3 rings (SSSR count). The monoisotopic (exact) mass is 321 g/mol. The molecule has 2 heteroatoms. The van der Waals surface area contributed by atoms with E-state index in [1.165, 1.54) is 16.5 Å². The maximum absolute atomic E-state index is 6.04. The van der Waals surface area contributed by atoms with Crippen LogP contribution in [-0.2, 0) is 6.54 Å². The van der Waals surface area contributed by atoms with Crippen LogP contribution in [0.15, 0.2) is 52.9 Å². The Morgan fingerprint density at radius 1 is 0.917 bits per heavy atom. The number of hydrogen-bond donors (Lipinski definition) is 0. The van der Waals surface area contributed by atoms with Gasteiger partial charge < -0.3 is 4.42 Å². The second-order valence-electron chi connectivity index (χ2n) is 6.72. The van der Waals surface area contributed by atoms with Crippen LogP contribution in [0.25, 0.3) is 22.3 Å². The Morgan fingerprint density at radius 2 is 1.62 bits per heavy atom. The Labute approximate surface area is 145 Å². The number of furan rings is 1. The summed E-state index contributed by atoms with van der Waals surface area (Å²) in [7, 11) is 0. The van der Waals surface area contributed by atoms with Crippen LogP contribution < -0.4 is 0 Å². The molecule has 126 valence electrons. The highest BCUT2D eigenvalue weighted by Gasteiger charge is 2.09. The van der Waals surface area contributed by atoms with Crippen LogP contribution in [0, 0.1) is 0 Å². The molecule has 0 aliphatic heterocycles. The smallest absolute Gasteiger partial charge is 0.135 e. The van der Waals surface area contributed by atoms with E-state index in [1.54, 1.807) is 0 Å². The summed E-state index contributed by atoms with van der Waals surface area (Å²) in [5.41, 5.74) is 4.80. The fourth-order valence-corrected chi connectivity index (χ4v) is 3.04. The molecule has 0 unspecified atom stereocenters.